The van der Waals surface area contributed by atoms with Gasteiger partial charge < -0.3 is 9.90 Å². The van der Waals surface area contributed by atoms with Crippen molar-refractivity contribution < 1.29 is 14.3 Å². The van der Waals surface area contributed by atoms with Crippen LogP contribution in [0.1, 0.15) is 5.56 Å². The van der Waals surface area contributed by atoms with Gasteiger partial charge in [0.25, 0.3) is 0 Å². The van der Waals surface area contributed by atoms with Gasteiger partial charge in [-0.05, 0) is 23.8 Å². The number of pyridine rings is 1. The summed E-state index contributed by atoms with van der Waals surface area (Å²) in [7, 11) is 0. The number of thioether (sulfide) groups is 1. The van der Waals surface area contributed by atoms with Crippen LogP contribution in [0.4, 0.5) is 4.39 Å². The monoisotopic (exact) mass is 363 g/mol. The van der Waals surface area contributed by atoms with Gasteiger partial charge in [0, 0.05) is 16.9 Å². The minimum absolute atomic E-state index is 0.275. The summed E-state index contributed by atoms with van der Waals surface area (Å²) in [5, 5.41) is 20.7. The Labute approximate surface area is 153 Å². The van der Waals surface area contributed by atoms with E-state index in [-0.39, 0.29) is 16.3 Å². The molecule has 0 aliphatic heterocycles. The zero-order chi connectivity index (χ0) is 18.5. The fourth-order valence-corrected chi connectivity index (χ4v) is 3.22. The second-order valence-corrected chi connectivity index (χ2v) is 6.35. The third-order valence-electron chi connectivity index (χ3n) is 3.63. The maximum atomic E-state index is 13.6. The second-order valence-electron chi connectivity index (χ2n) is 5.38. The number of benzene rings is 2. The van der Waals surface area contributed by atoms with E-state index in [4.69, 9.17) is 0 Å². The lowest BCUT2D eigenvalue weighted by atomic mass is 9.99. The average Bonchev–Trinajstić information content (AvgIpc) is 2.66. The number of rotatable bonds is 5. The number of carbonyl (C=O) groups excluding carboxylic acids is 1. The first-order chi connectivity index (χ1) is 12.6. The standard InChI is InChI=1S/C20H13FN2O2S/c21-15-8-4-7-14(9-15)18-10-16(13-5-2-1-3-6-13)17(11-22)20(23-18)26-12-19(24)25/h1-10H,12H2,(H,24,25)/p-1. The molecule has 3 rings (SSSR count). The molecule has 0 radical (unpaired) electrons. The molecule has 0 spiro atoms. The Bertz CT molecular complexity index is 1000. The number of halogens is 1. The molecular formula is C20H12FN2O2S-. The zero-order valence-electron chi connectivity index (χ0n) is 13.5. The van der Waals surface area contributed by atoms with Crippen LogP contribution >= 0.6 is 11.8 Å². The molecule has 1 aromatic heterocycles. The number of carbonyl (C=O) groups is 1. The first-order valence-corrected chi connectivity index (χ1v) is 8.66. The molecule has 0 saturated heterocycles. The quantitative estimate of drug-likeness (QED) is 0.650. The second kappa shape index (κ2) is 7.81. The number of aliphatic carboxylic acids is 1. The minimum atomic E-state index is -1.25. The number of hydrogen-bond acceptors (Lipinski definition) is 5. The average molecular weight is 363 g/mol. The first-order valence-electron chi connectivity index (χ1n) is 7.67. The lowest BCUT2D eigenvalue weighted by molar-refractivity contribution is -0.301. The van der Waals surface area contributed by atoms with Crippen LogP contribution < -0.4 is 5.11 Å². The fourth-order valence-electron chi connectivity index (χ4n) is 2.50. The van der Waals surface area contributed by atoms with Crippen molar-refractivity contribution in [1.82, 2.24) is 4.98 Å². The van der Waals surface area contributed by atoms with Crippen LogP contribution in [0.3, 0.4) is 0 Å². The predicted molar refractivity (Wildman–Crippen MR) is 95.5 cm³/mol. The first kappa shape index (κ1) is 17.6. The highest BCUT2D eigenvalue weighted by Gasteiger charge is 2.16. The van der Waals surface area contributed by atoms with Crippen molar-refractivity contribution >= 4 is 17.7 Å². The number of hydrogen-bond donors (Lipinski definition) is 0. The van der Waals surface area contributed by atoms with Crippen LogP contribution in [0.2, 0.25) is 0 Å². The Hall–Kier alpha value is -3.17. The lowest BCUT2D eigenvalue weighted by Crippen LogP contribution is -2.24. The maximum absolute atomic E-state index is 13.6. The Balaban J connectivity index is 2.21. The van der Waals surface area contributed by atoms with Crippen LogP contribution in [0, 0.1) is 17.1 Å². The summed E-state index contributed by atoms with van der Waals surface area (Å²) in [6.07, 6.45) is 0. The molecule has 4 nitrogen and oxygen atoms in total. The van der Waals surface area contributed by atoms with E-state index in [1.165, 1.54) is 12.1 Å². The summed E-state index contributed by atoms with van der Waals surface area (Å²) < 4.78 is 13.6. The van der Waals surface area contributed by atoms with Crippen molar-refractivity contribution in [3.8, 4) is 28.5 Å². The Morgan fingerprint density at radius 3 is 2.50 bits per heavy atom. The van der Waals surface area contributed by atoms with Crippen LogP contribution in [0.25, 0.3) is 22.4 Å². The molecule has 1 heterocycles. The summed E-state index contributed by atoms with van der Waals surface area (Å²) >= 11 is 0.912. The van der Waals surface area contributed by atoms with E-state index in [1.807, 2.05) is 30.3 Å². The summed E-state index contributed by atoms with van der Waals surface area (Å²) in [5.41, 5.74) is 2.69. The third-order valence-corrected chi connectivity index (χ3v) is 4.58. The highest BCUT2D eigenvalue weighted by Crippen LogP contribution is 2.34. The van der Waals surface area contributed by atoms with Gasteiger partial charge in [-0.1, -0.05) is 54.2 Å². The molecule has 128 valence electrons. The SMILES string of the molecule is N#Cc1c(-c2ccccc2)cc(-c2cccc(F)c2)nc1SCC(=O)[O-]. The van der Waals surface area contributed by atoms with Gasteiger partial charge in [0.05, 0.1) is 17.2 Å². The summed E-state index contributed by atoms with van der Waals surface area (Å²) in [6.45, 7) is 0. The molecule has 0 amide bonds. The molecule has 26 heavy (non-hydrogen) atoms. The van der Waals surface area contributed by atoms with Crippen molar-refractivity contribution in [1.29, 1.82) is 5.26 Å². The largest absolute Gasteiger partial charge is 0.549 e. The van der Waals surface area contributed by atoms with Crippen LogP contribution in [0.15, 0.2) is 65.7 Å². The number of nitriles is 1. The van der Waals surface area contributed by atoms with Crippen molar-refractivity contribution in [2.24, 2.45) is 0 Å². The van der Waals surface area contributed by atoms with Gasteiger partial charge >= 0.3 is 0 Å². The van der Waals surface area contributed by atoms with E-state index in [0.717, 1.165) is 17.3 Å². The minimum Gasteiger partial charge on any atom is -0.549 e. The molecule has 0 atom stereocenters. The van der Waals surface area contributed by atoms with Crippen molar-refractivity contribution in [2.75, 3.05) is 5.75 Å². The van der Waals surface area contributed by atoms with Crippen molar-refractivity contribution in [2.45, 2.75) is 5.03 Å². The van der Waals surface area contributed by atoms with Crippen LogP contribution in [-0.4, -0.2) is 16.7 Å². The molecular weight excluding hydrogens is 351 g/mol. The Kier molecular flexibility index (Phi) is 5.30. The van der Waals surface area contributed by atoms with E-state index in [2.05, 4.69) is 11.1 Å². The summed E-state index contributed by atoms with van der Waals surface area (Å²) in [5.74, 6) is -1.99. The summed E-state index contributed by atoms with van der Waals surface area (Å²) in [4.78, 5) is 15.2. The molecule has 2 aromatic carbocycles. The van der Waals surface area contributed by atoms with E-state index in [0.29, 0.717) is 16.8 Å². The third kappa shape index (κ3) is 3.90. The van der Waals surface area contributed by atoms with Gasteiger partial charge in [-0.2, -0.15) is 5.26 Å². The molecule has 0 aliphatic carbocycles. The number of aromatic nitrogens is 1. The van der Waals surface area contributed by atoms with E-state index >= 15 is 0 Å². The molecule has 0 bridgehead atoms. The number of nitrogens with zero attached hydrogens (tertiary/aromatic N) is 2. The molecule has 0 N–H and O–H groups in total. The molecule has 0 aliphatic rings. The molecule has 3 aromatic rings. The molecule has 0 fully saturated rings. The highest BCUT2D eigenvalue weighted by atomic mass is 32.2. The lowest BCUT2D eigenvalue weighted by Gasteiger charge is -2.13. The smallest absolute Gasteiger partial charge is 0.123 e. The van der Waals surface area contributed by atoms with Gasteiger partial charge in [0.2, 0.25) is 0 Å². The molecule has 0 unspecified atom stereocenters. The molecule has 0 saturated carbocycles. The van der Waals surface area contributed by atoms with Gasteiger partial charge in [-0.15, -0.1) is 0 Å². The Morgan fingerprint density at radius 1 is 1.12 bits per heavy atom. The topological polar surface area (TPSA) is 76.8 Å². The number of carboxylic acid groups (broad SMARTS) is 1. The zero-order valence-corrected chi connectivity index (χ0v) is 14.3. The van der Waals surface area contributed by atoms with Crippen molar-refractivity contribution in [3.05, 3.63) is 72.0 Å². The van der Waals surface area contributed by atoms with E-state index in [9.17, 15) is 19.6 Å². The van der Waals surface area contributed by atoms with Gasteiger partial charge in [0.1, 0.15) is 16.9 Å². The molecule has 6 heteroatoms. The number of carboxylic acids is 1. The van der Waals surface area contributed by atoms with Gasteiger partial charge in [-0.3, -0.25) is 0 Å². The Morgan fingerprint density at radius 2 is 1.85 bits per heavy atom. The highest BCUT2D eigenvalue weighted by molar-refractivity contribution is 7.99. The van der Waals surface area contributed by atoms with Crippen molar-refractivity contribution in [3.63, 3.8) is 0 Å². The predicted octanol–water partition coefficient (Wildman–Crippen LogP) is 3.27. The normalized spacial score (nSPS) is 10.3. The van der Waals surface area contributed by atoms with E-state index in [1.54, 1.807) is 18.2 Å². The van der Waals surface area contributed by atoms with Gasteiger partial charge in [0.15, 0.2) is 0 Å². The maximum Gasteiger partial charge on any atom is 0.123 e. The van der Waals surface area contributed by atoms with Gasteiger partial charge in [-0.25, -0.2) is 9.37 Å². The summed E-state index contributed by atoms with van der Waals surface area (Å²) in [6, 6.07) is 19.0. The fraction of sp³-hybridized carbons (Fsp3) is 0.0500. The van der Waals surface area contributed by atoms with Crippen LogP contribution in [0.5, 0.6) is 0 Å². The van der Waals surface area contributed by atoms with E-state index < -0.39 is 11.8 Å². The van der Waals surface area contributed by atoms with Crippen LogP contribution in [-0.2, 0) is 4.79 Å².